The molecule has 1 amide bonds. The lowest BCUT2D eigenvalue weighted by Gasteiger charge is -2.23. The number of anilines is 1. The summed E-state index contributed by atoms with van der Waals surface area (Å²) in [4.78, 5) is 22.5. The van der Waals surface area contributed by atoms with Crippen LogP contribution >= 0.6 is 0 Å². The van der Waals surface area contributed by atoms with Crippen molar-refractivity contribution >= 4 is 11.9 Å². The molecule has 1 aliphatic heterocycles. The van der Waals surface area contributed by atoms with E-state index in [9.17, 15) is 9.90 Å². The van der Waals surface area contributed by atoms with Crippen molar-refractivity contribution in [3.8, 4) is 0 Å². The summed E-state index contributed by atoms with van der Waals surface area (Å²) < 4.78 is 1.74. The molecule has 1 aliphatic rings. The molecule has 2 N–H and O–H groups in total. The first kappa shape index (κ1) is 16.4. The molecule has 128 valence electrons. The first-order valence-electron chi connectivity index (χ1n) is 8.16. The van der Waals surface area contributed by atoms with E-state index in [2.05, 4.69) is 27.3 Å². The Morgan fingerprint density at radius 1 is 1.42 bits per heavy atom. The lowest BCUT2D eigenvalue weighted by molar-refractivity contribution is 0.0573. The summed E-state index contributed by atoms with van der Waals surface area (Å²) in [6.45, 7) is 4.06. The third-order valence-corrected chi connectivity index (χ3v) is 4.07. The van der Waals surface area contributed by atoms with Gasteiger partial charge in [-0.15, -0.1) is 0 Å². The number of hydrogen-bond donors (Lipinski definition) is 2. The molecule has 0 spiro atoms. The Hall–Kier alpha value is -2.48. The molecule has 3 heterocycles. The van der Waals surface area contributed by atoms with Crippen molar-refractivity contribution < 1.29 is 9.90 Å². The summed E-state index contributed by atoms with van der Waals surface area (Å²) in [6, 6.07) is 3.44. The molecule has 0 radical (unpaired) electrons. The zero-order chi connectivity index (χ0) is 17.0. The average molecular weight is 330 g/mol. The minimum Gasteiger partial charge on any atom is -0.386 e. The van der Waals surface area contributed by atoms with Gasteiger partial charge in [0.25, 0.3) is 5.91 Å². The second-order valence-electron chi connectivity index (χ2n) is 6.09. The summed E-state index contributed by atoms with van der Waals surface area (Å²) in [6.07, 6.45) is 6.65. The minimum atomic E-state index is -0.985. The van der Waals surface area contributed by atoms with E-state index >= 15 is 0 Å². The summed E-state index contributed by atoms with van der Waals surface area (Å²) in [5.41, 5.74) is -0.616. The molecule has 8 nitrogen and oxygen atoms in total. The van der Waals surface area contributed by atoms with E-state index in [1.54, 1.807) is 35.4 Å². The van der Waals surface area contributed by atoms with Crippen LogP contribution in [-0.4, -0.2) is 56.0 Å². The summed E-state index contributed by atoms with van der Waals surface area (Å²) in [7, 11) is 0. The molecule has 2 aromatic rings. The maximum atomic E-state index is 12.2. The zero-order valence-electron chi connectivity index (χ0n) is 13.7. The monoisotopic (exact) mass is 330 g/mol. The Kier molecular flexibility index (Phi) is 4.75. The molecular weight excluding hydrogens is 308 g/mol. The van der Waals surface area contributed by atoms with Crippen molar-refractivity contribution in [2.24, 2.45) is 0 Å². The fourth-order valence-electron chi connectivity index (χ4n) is 2.80. The van der Waals surface area contributed by atoms with Gasteiger partial charge >= 0.3 is 0 Å². The summed E-state index contributed by atoms with van der Waals surface area (Å²) in [5.74, 6) is 0.325. The molecule has 1 saturated heterocycles. The van der Waals surface area contributed by atoms with Crippen molar-refractivity contribution in [3.05, 3.63) is 36.4 Å². The minimum absolute atomic E-state index is 0.176. The average Bonchev–Trinajstić information content (AvgIpc) is 3.22. The largest absolute Gasteiger partial charge is 0.386 e. The number of aryl methyl sites for hydroxylation is 1. The van der Waals surface area contributed by atoms with Gasteiger partial charge in [-0.05, 0) is 25.0 Å². The van der Waals surface area contributed by atoms with Gasteiger partial charge in [-0.3, -0.25) is 9.48 Å². The van der Waals surface area contributed by atoms with Crippen molar-refractivity contribution in [2.45, 2.75) is 31.9 Å². The number of aromatic nitrogens is 4. The Bertz CT molecular complexity index is 689. The summed E-state index contributed by atoms with van der Waals surface area (Å²) >= 11 is 0. The number of rotatable bonds is 6. The van der Waals surface area contributed by atoms with Crippen LogP contribution < -0.4 is 10.2 Å². The molecular formula is C16H22N6O2. The van der Waals surface area contributed by atoms with E-state index < -0.39 is 5.60 Å². The Morgan fingerprint density at radius 2 is 2.21 bits per heavy atom. The Morgan fingerprint density at radius 3 is 2.96 bits per heavy atom. The van der Waals surface area contributed by atoms with Crippen LogP contribution in [0.2, 0.25) is 0 Å². The quantitative estimate of drug-likeness (QED) is 0.798. The SMILES string of the molecule is CCCn1ccc(C(=O)NC[C@]2(O)CCN(c3ncccn3)C2)n1. The van der Waals surface area contributed by atoms with Gasteiger partial charge in [0.15, 0.2) is 0 Å². The smallest absolute Gasteiger partial charge is 0.271 e. The van der Waals surface area contributed by atoms with Crippen molar-refractivity contribution in [3.63, 3.8) is 0 Å². The first-order valence-corrected chi connectivity index (χ1v) is 8.16. The molecule has 1 fully saturated rings. The molecule has 2 aromatic heterocycles. The predicted octanol–water partition coefficient (Wildman–Crippen LogP) is 0.454. The molecule has 24 heavy (non-hydrogen) atoms. The number of β-amino-alcohol motifs (C(OH)–C–C–N with tert-alkyl or cyclic N) is 1. The van der Waals surface area contributed by atoms with Crippen LogP contribution in [0.1, 0.15) is 30.3 Å². The number of carbonyl (C=O) groups is 1. The third-order valence-electron chi connectivity index (χ3n) is 4.07. The van der Waals surface area contributed by atoms with E-state index in [-0.39, 0.29) is 12.5 Å². The van der Waals surface area contributed by atoms with Crippen molar-refractivity contribution in [1.82, 2.24) is 25.1 Å². The van der Waals surface area contributed by atoms with Gasteiger partial charge in [0, 0.05) is 38.2 Å². The van der Waals surface area contributed by atoms with Crippen molar-refractivity contribution in [1.29, 1.82) is 0 Å². The normalized spacial score (nSPS) is 20.3. The number of nitrogens with one attached hydrogen (secondary N) is 1. The molecule has 1 atom stereocenters. The molecule has 0 unspecified atom stereocenters. The molecule has 0 saturated carbocycles. The van der Waals surface area contributed by atoms with E-state index in [0.717, 1.165) is 13.0 Å². The highest BCUT2D eigenvalue weighted by Crippen LogP contribution is 2.23. The maximum Gasteiger partial charge on any atom is 0.271 e. The van der Waals surface area contributed by atoms with Gasteiger partial charge in [-0.1, -0.05) is 6.92 Å². The highest BCUT2D eigenvalue weighted by atomic mass is 16.3. The van der Waals surface area contributed by atoms with Crippen LogP contribution in [0.5, 0.6) is 0 Å². The number of amides is 1. The lowest BCUT2D eigenvalue weighted by atomic mass is 10.0. The van der Waals surface area contributed by atoms with E-state index in [0.29, 0.717) is 31.2 Å². The highest BCUT2D eigenvalue weighted by molar-refractivity contribution is 5.92. The number of carbonyl (C=O) groups excluding carboxylic acids is 1. The topological polar surface area (TPSA) is 96.2 Å². The lowest BCUT2D eigenvalue weighted by Crippen LogP contribution is -2.45. The fourth-order valence-corrected chi connectivity index (χ4v) is 2.80. The first-order chi connectivity index (χ1) is 11.6. The fraction of sp³-hybridized carbons (Fsp3) is 0.500. The van der Waals surface area contributed by atoms with E-state index in [1.165, 1.54) is 0 Å². The van der Waals surface area contributed by atoms with Crippen LogP contribution in [0, 0.1) is 0 Å². The number of hydrogen-bond acceptors (Lipinski definition) is 6. The second kappa shape index (κ2) is 6.96. The molecule has 0 aliphatic carbocycles. The van der Waals surface area contributed by atoms with Gasteiger partial charge < -0.3 is 15.3 Å². The Labute approximate surface area is 140 Å². The zero-order valence-corrected chi connectivity index (χ0v) is 13.7. The predicted molar refractivity (Wildman–Crippen MR) is 88.7 cm³/mol. The van der Waals surface area contributed by atoms with Crippen LogP contribution in [0.25, 0.3) is 0 Å². The van der Waals surface area contributed by atoms with Crippen molar-refractivity contribution in [2.75, 3.05) is 24.5 Å². The molecule has 3 rings (SSSR count). The standard InChI is InChI=1S/C16H22N6O2/c1-2-8-22-9-4-13(20-22)14(23)19-11-16(24)5-10-21(12-16)15-17-6-3-7-18-15/h3-4,6-7,9,24H,2,5,8,10-12H2,1H3,(H,19,23)/t16-/m1/s1. The third kappa shape index (κ3) is 3.70. The van der Waals surface area contributed by atoms with E-state index in [4.69, 9.17) is 0 Å². The van der Waals surface area contributed by atoms with Crippen LogP contribution in [0.15, 0.2) is 30.7 Å². The van der Waals surface area contributed by atoms with Gasteiger partial charge in [-0.2, -0.15) is 5.10 Å². The van der Waals surface area contributed by atoms with Crippen LogP contribution in [-0.2, 0) is 6.54 Å². The van der Waals surface area contributed by atoms with Gasteiger partial charge in [0.2, 0.25) is 5.95 Å². The van der Waals surface area contributed by atoms with Gasteiger partial charge in [-0.25, -0.2) is 9.97 Å². The molecule has 0 bridgehead atoms. The Balaban J connectivity index is 1.55. The van der Waals surface area contributed by atoms with E-state index in [1.807, 2.05) is 4.90 Å². The molecule has 8 heteroatoms. The molecule has 0 aromatic carbocycles. The highest BCUT2D eigenvalue weighted by Gasteiger charge is 2.37. The van der Waals surface area contributed by atoms with Crippen LogP contribution in [0.4, 0.5) is 5.95 Å². The second-order valence-corrected chi connectivity index (χ2v) is 6.09. The van der Waals surface area contributed by atoms with Gasteiger partial charge in [0.05, 0.1) is 6.54 Å². The van der Waals surface area contributed by atoms with Crippen LogP contribution in [0.3, 0.4) is 0 Å². The summed E-state index contributed by atoms with van der Waals surface area (Å²) in [5, 5.41) is 17.7. The number of nitrogens with zero attached hydrogens (tertiary/aromatic N) is 5. The number of aliphatic hydroxyl groups is 1. The maximum absolute atomic E-state index is 12.2. The van der Waals surface area contributed by atoms with Gasteiger partial charge in [0.1, 0.15) is 11.3 Å².